The minimum atomic E-state index is -0.287. The van der Waals surface area contributed by atoms with Gasteiger partial charge in [-0.05, 0) is 108 Å². The molecule has 0 N–H and O–H groups in total. The number of hydrogen-bond donors (Lipinski definition) is 0. The fraction of sp³-hybridized carbons (Fsp3) is 0.179. The van der Waals surface area contributed by atoms with E-state index in [1.165, 1.54) is 11.1 Å². The molecular weight excluding hydrogens is 560 g/mol. The molecule has 2 aliphatic heterocycles. The quantitative estimate of drug-likeness (QED) is 0.191. The molecule has 6 nitrogen and oxygen atoms in total. The molecule has 0 saturated carbocycles. The van der Waals surface area contributed by atoms with Crippen molar-refractivity contribution in [2.75, 3.05) is 38.2 Å². The molecule has 0 unspecified atom stereocenters. The molecule has 0 amide bonds. The summed E-state index contributed by atoms with van der Waals surface area (Å²) in [5.74, 6) is 3.22. The van der Waals surface area contributed by atoms with Crippen molar-refractivity contribution in [3.8, 4) is 23.0 Å². The number of ether oxygens (including phenoxy) is 4. The summed E-state index contributed by atoms with van der Waals surface area (Å²) in [5.41, 5.74) is 11.4. The van der Waals surface area contributed by atoms with Gasteiger partial charge in [0.2, 0.25) is 0 Å². The minimum absolute atomic E-state index is 0.287. The highest BCUT2D eigenvalue weighted by Gasteiger charge is 2.38. The van der Waals surface area contributed by atoms with Gasteiger partial charge in [0.1, 0.15) is 23.0 Å². The molecule has 2 heterocycles. The van der Waals surface area contributed by atoms with Gasteiger partial charge in [-0.25, -0.2) is 0 Å². The molecule has 5 aromatic carbocycles. The number of anilines is 6. The van der Waals surface area contributed by atoms with Crippen LogP contribution in [0.1, 0.15) is 36.1 Å². The Bertz CT molecular complexity index is 1860. The van der Waals surface area contributed by atoms with Crippen LogP contribution in [0, 0.1) is 0 Å². The van der Waals surface area contributed by atoms with Crippen molar-refractivity contribution in [1.82, 2.24) is 0 Å². The first-order chi connectivity index (χ1) is 21.8. The van der Waals surface area contributed by atoms with E-state index < -0.39 is 0 Å². The maximum Gasteiger partial charge on any atom is 0.119 e. The lowest BCUT2D eigenvalue weighted by Crippen LogP contribution is -2.30. The van der Waals surface area contributed by atoms with Gasteiger partial charge in [-0.2, -0.15) is 0 Å². The van der Waals surface area contributed by atoms with Crippen LogP contribution in [0.2, 0.25) is 0 Å². The van der Waals surface area contributed by atoms with E-state index in [0.717, 1.165) is 73.8 Å². The van der Waals surface area contributed by atoms with Crippen LogP contribution in [0.15, 0.2) is 104 Å². The van der Waals surface area contributed by atoms with Gasteiger partial charge in [0, 0.05) is 27.9 Å². The van der Waals surface area contributed by atoms with Crippen molar-refractivity contribution < 1.29 is 18.9 Å². The summed E-state index contributed by atoms with van der Waals surface area (Å²) in [4.78, 5) is 4.63. The Kier molecular flexibility index (Phi) is 6.73. The summed E-state index contributed by atoms with van der Waals surface area (Å²) < 4.78 is 22.6. The molecule has 0 radical (unpaired) electrons. The zero-order valence-corrected chi connectivity index (χ0v) is 26.5. The molecule has 0 bridgehead atoms. The average Bonchev–Trinajstić information content (AvgIpc) is 3.08. The number of fused-ring (bicyclic) bond motifs is 4. The number of nitrogens with zero attached hydrogens (tertiary/aromatic N) is 2. The van der Waals surface area contributed by atoms with Crippen LogP contribution in [-0.4, -0.2) is 28.4 Å². The Labute approximate surface area is 264 Å². The fourth-order valence-corrected chi connectivity index (χ4v) is 6.71. The third-order valence-electron chi connectivity index (χ3n) is 9.12. The SMILES string of the molecule is C=C1c2cc(OC)ccc2N(c2cccc(N3c4ccc(OC)cc4C(C)(C)c4cc(OC)ccc43)c2)c2ccc(OC)cc21. The molecule has 0 spiro atoms. The normalized spacial score (nSPS) is 14.1. The predicted octanol–water partition coefficient (Wildman–Crippen LogP) is 9.67. The van der Waals surface area contributed by atoms with Crippen LogP contribution in [-0.2, 0) is 5.41 Å². The van der Waals surface area contributed by atoms with E-state index in [2.05, 4.69) is 103 Å². The molecule has 0 aromatic heterocycles. The lowest BCUT2D eigenvalue weighted by Gasteiger charge is -2.42. The van der Waals surface area contributed by atoms with Gasteiger partial charge in [-0.15, -0.1) is 0 Å². The lowest BCUT2D eigenvalue weighted by atomic mass is 9.73. The van der Waals surface area contributed by atoms with Crippen LogP contribution in [0.5, 0.6) is 23.0 Å². The summed E-state index contributed by atoms with van der Waals surface area (Å²) in [5, 5.41) is 0. The van der Waals surface area contributed by atoms with E-state index >= 15 is 0 Å². The number of hydrogen-bond acceptors (Lipinski definition) is 6. The van der Waals surface area contributed by atoms with Gasteiger partial charge in [0.05, 0.1) is 51.2 Å². The van der Waals surface area contributed by atoms with Crippen LogP contribution in [0.25, 0.3) is 5.57 Å². The van der Waals surface area contributed by atoms with Crippen molar-refractivity contribution in [2.24, 2.45) is 0 Å². The van der Waals surface area contributed by atoms with Gasteiger partial charge in [0.15, 0.2) is 0 Å². The molecular formula is C39H36N2O4. The van der Waals surface area contributed by atoms with Crippen molar-refractivity contribution in [3.05, 3.63) is 126 Å². The Hall–Kier alpha value is -5.36. The molecule has 7 rings (SSSR count). The monoisotopic (exact) mass is 596 g/mol. The maximum absolute atomic E-state index is 5.68. The van der Waals surface area contributed by atoms with Crippen molar-refractivity contribution in [2.45, 2.75) is 19.3 Å². The van der Waals surface area contributed by atoms with E-state index in [4.69, 9.17) is 18.9 Å². The molecule has 5 aromatic rings. The van der Waals surface area contributed by atoms with E-state index in [0.29, 0.717) is 0 Å². The molecule has 0 saturated heterocycles. The maximum atomic E-state index is 5.68. The van der Waals surface area contributed by atoms with Gasteiger partial charge in [-0.3, -0.25) is 0 Å². The lowest BCUT2D eigenvalue weighted by molar-refractivity contribution is 0.411. The molecule has 45 heavy (non-hydrogen) atoms. The molecule has 0 aliphatic carbocycles. The van der Waals surface area contributed by atoms with E-state index in [1.807, 2.05) is 24.3 Å². The van der Waals surface area contributed by atoms with Crippen molar-refractivity contribution in [1.29, 1.82) is 0 Å². The first kappa shape index (κ1) is 28.4. The van der Waals surface area contributed by atoms with E-state index in [1.54, 1.807) is 28.4 Å². The zero-order valence-electron chi connectivity index (χ0n) is 26.5. The molecule has 0 fully saturated rings. The highest BCUT2D eigenvalue weighted by molar-refractivity contribution is 6.01. The van der Waals surface area contributed by atoms with Gasteiger partial charge < -0.3 is 28.7 Å². The summed E-state index contributed by atoms with van der Waals surface area (Å²) in [6.07, 6.45) is 0. The molecule has 226 valence electrons. The standard InChI is InChI=1S/C39H36N2O4/c1-24-31-20-27(42-4)11-15-35(31)40(36-16-12-28(43-5)21-32(24)36)25-9-8-10-26(19-25)41-37-17-13-29(44-6)22-33(37)39(2,3)34-23-30(45-7)14-18-38(34)41/h8-23H,1H2,2-7H3. The summed E-state index contributed by atoms with van der Waals surface area (Å²) in [7, 11) is 6.80. The van der Waals surface area contributed by atoms with Crippen molar-refractivity contribution in [3.63, 3.8) is 0 Å². The largest absolute Gasteiger partial charge is 0.497 e. The van der Waals surface area contributed by atoms with Crippen LogP contribution in [0.3, 0.4) is 0 Å². The number of methoxy groups -OCH3 is 4. The highest BCUT2D eigenvalue weighted by Crippen LogP contribution is 2.55. The highest BCUT2D eigenvalue weighted by atomic mass is 16.5. The Morgan fingerprint density at radius 2 is 0.867 bits per heavy atom. The number of benzene rings is 5. The van der Waals surface area contributed by atoms with E-state index in [9.17, 15) is 0 Å². The second-order valence-electron chi connectivity index (χ2n) is 11.8. The molecule has 0 atom stereocenters. The zero-order chi connectivity index (χ0) is 31.5. The predicted molar refractivity (Wildman–Crippen MR) is 182 cm³/mol. The first-order valence-electron chi connectivity index (χ1n) is 14.9. The van der Waals surface area contributed by atoms with Crippen molar-refractivity contribution >= 4 is 39.7 Å². The first-order valence-corrected chi connectivity index (χ1v) is 14.9. The summed E-state index contributed by atoms with van der Waals surface area (Å²) in [6, 6.07) is 33.7. The van der Waals surface area contributed by atoms with Gasteiger partial charge in [0.25, 0.3) is 0 Å². The third kappa shape index (κ3) is 4.40. The van der Waals surface area contributed by atoms with Crippen LogP contribution in [0.4, 0.5) is 34.1 Å². The average molecular weight is 597 g/mol. The Balaban J connectivity index is 1.44. The summed E-state index contributed by atoms with van der Waals surface area (Å²) in [6.45, 7) is 9.01. The van der Waals surface area contributed by atoms with Crippen LogP contribution < -0.4 is 28.7 Å². The van der Waals surface area contributed by atoms with E-state index in [-0.39, 0.29) is 5.41 Å². The summed E-state index contributed by atoms with van der Waals surface area (Å²) >= 11 is 0. The smallest absolute Gasteiger partial charge is 0.119 e. The minimum Gasteiger partial charge on any atom is -0.497 e. The molecule has 6 heteroatoms. The Morgan fingerprint density at radius 3 is 1.29 bits per heavy atom. The van der Waals surface area contributed by atoms with Crippen LogP contribution >= 0.6 is 0 Å². The number of rotatable bonds is 6. The second kappa shape index (κ2) is 10.7. The Morgan fingerprint density at radius 1 is 0.489 bits per heavy atom. The fourth-order valence-electron chi connectivity index (χ4n) is 6.71. The topological polar surface area (TPSA) is 43.4 Å². The van der Waals surface area contributed by atoms with Gasteiger partial charge in [-0.1, -0.05) is 26.5 Å². The third-order valence-corrected chi connectivity index (χ3v) is 9.12. The second-order valence-corrected chi connectivity index (χ2v) is 11.8. The van der Waals surface area contributed by atoms with Gasteiger partial charge >= 0.3 is 0 Å². The molecule has 2 aliphatic rings.